The van der Waals surface area contributed by atoms with Crippen molar-refractivity contribution in [2.75, 3.05) is 0 Å². The van der Waals surface area contributed by atoms with Crippen LogP contribution in [0.25, 0.3) is 10.2 Å². The maximum Gasteiger partial charge on any atom is 0.263 e. The van der Waals surface area contributed by atoms with Gasteiger partial charge in [-0.05, 0) is 42.4 Å². The van der Waals surface area contributed by atoms with E-state index in [0.29, 0.717) is 10.7 Å². The average Bonchev–Trinajstić information content (AvgIpc) is 2.74. The number of fused-ring (bicyclic) bond motifs is 1. The average molecular weight is 294 g/mol. The molecule has 2 unspecified atom stereocenters. The Kier molecular flexibility index (Phi) is 3.58. The van der Waals surface area contributed by atoms with Crippen LogP contribution >= 0.6 is 23.6 Å². The number of thiophene rings is 1. The normalized spacial score (nSPS) is 24.5. The molecule has 0 spiro atoms. The molecular weight excluding hydrogens is 276 g/mol. The molecule has 0 aliphatic heterocycles. The van der Waals surface area contributed by atoms with E-state index in [1.54, 1.807) is 11.3 Å². The molecule has 2 atom stereocenters. The third-order valence-corrected chi connectivity index (χ3v) is 5.33. The van der Waals surface area contributed by atoms with Gasteiger partial charge in [0.05, 0.1) is 5.39 Å². The van der Waals surface area contributed by atoms with Crippen molar-refractivity contribution in [1.29, 1.82) is 0 Å². The largest absolute Gasteiger partial charge is 0.323 e. The highest BCUT2D eigenvalue weighted by molar-refractivity contribution is 7.71. The Balaban J connectivity index is 2.18. The number of H-pyrrole nitrogens is 1. The summed E-state index contributed by atoms with van der Waals surface area (Å²) in [6, 6.07) is 2.15. The summed E-state index contributed by atoms with van der Waals surface area (Å²) in [6.45, 7) is 2.25. The molecule has 0 aromatic carbocycles. The molecule has 0 bridgehead atoms. The summed E-state index contributed by atoms with van der Waals surface area (Å²) in [4.78, 5) is 16.8. The summed E-state index contributed by atoms with van der Waals surface area (Å²) < 4.78 is 2.42. The summed E-state index contributed by atoms with van der Waals surface area (Å²) in [5.74, 6) is 0.520. The molecule has 1 aliphatic carbocycles. The van der Waals surface area contributed by atoms with Crippen molar-refractivity contribution < 1.29 is 0 Å². The highest BCUT2D eigenvalue weighted by Gasteiger charge is 2.24. The molecule has 0 radical (unpaired) electrons. The maximum atomic E-state index is 12.7. The predicted octanol–water partition coefficient (Wildman–Crippen LogP) is 4.26. The van der Waals surface area contributed by atoms with Gasteiger partial charge in [0.1, 0.15) is 4.83 Å². The summed E-state index contributed by atoms with van der Waals surface area (Å²) in [5, 5.41) is 2.72. The number of aromatic amines is 1. The van der Waals surface area contributed by atoms with Crippen molar-refractivity contribution >= 4 is 33.8 Å². The van der Waals surface area contributed by atoms with E-state index in [2.05, 4.69) is 11.9 Å². The van der Waals surface area contributed by atoms with E-state index in [-0.39, 0.29) is 11.6 Å². The standard InChI is InChI=1S/C14H18N2OS2/c1-9-5-3-2-4-6-11(9)16-13(17)10-7-8-19-12(10)15-14(16)18/h7-9,11H,2-6H2,1H3,(H,15,18). The Labute approximate surface area is 121 Å². The van der Waals surface area contributed by atoms with Crippen molar-refractivity contribution in [3.63, 3.8) is 0 Å². The second-order valence-electron chi connectivity index (χ2n) is 5.45. The molecule has 1 N–H and O–H groups in total. The van der Waals surface area contributed by atoms with Gasteiger partial charge < -0.3 is 4.98 Å². The summed E-state index contributed by atoms with van der Waals surface area (Å²) in [6.07, 6.45) is 5.98. The van der Waals surface area contributed by atoms with Crippen LogP contribution in [0.2, 0.25) is 0 Å². The number of rotatable bonds is 1. The van der Waals surface area contributed by atoms with Gasteiger partial charge >= 0.3 is 0 Å². The van der Waals surface area contributed by atoms with Crippen LogP contribution in [0, 0.1) is 10.7 Å². The van der Waals surface area contributed by atoms with E-state index < -0.39 is 0 Å². The molecule has 5 heteroatoms. The molecule has 102 valence electrons. The third kappa shape index (κ3) is 2.30. The molecule has 0 saturated heterocycles. The van der Waals surface area contributed by atoms with E-state index in [1.165, 1.54) is 25.7 Å². The summed E-state index contributed by atoms with van der Waals surface area (Å²) >= 11 is 6.97. The third-order valence-electron chi connectivity index (χ3n) is 4.20. The topological polar surface area (TPSA) is 37.8 Å². The van der Waals surface area contributed by atoms with Crippen LogP contribution in [0.3, 0.4) is 0 Å². The lowest BCUT2D eigenvalue weighted by Gasteiger charge is -2.23. The van der Waals surface area contributed by atoms with Crippen molar-refractivity contribution in [3.05, 3.63) is 26.6 Å². The van der Waals surface area contributed by atoms with Crippen molar-refractivity contribution in [1.82, 2.24) is 9.55 Å². The molecule has 2 aromatic rings. The fraction of sp³-hybridized carbons (Fsp3) is 0.571. The van der Waals surface area contributed by atoms with Crippen LogP contribution < -0.4 is 5.56 Å². The molecular formula is C14H18N2OS2. The van der Waals surface area contributed by atoms with Gasteiger partial charge in [0.2, 0.25) is 0 Å². The van der Waals surface area contributed by atoms with E-state index in [0.717, 1.165) is 16.6 Å². The van der Waals surface area contributed by atoms with Gasteiger partial charge in [-0.15, -0.1) is 11.3 Å². The minimum Gasteiger partial charge on any atom is -0.323 e. The van der Waals surface area contributed by atoms with Crippen LogP contribution in [0.1, 0.15) is 45.1 Å². The lowest BCUT2D eigenvalue weighted by molar-refractivity contribution is 0.322. The number of nitrogens with zero attached hydrogens (tertiary/aromatic N) is 1. The van der Waals surface area contributed by atoms with Crippen LogP contribution in [0.4, 0.5) is 0 Å². The molecule has 1 saturated carbocycles. The Hall–Kier alpha value is -0.940. The molecule has 3 nitrogen and oxygen atoms in total. The van der Waals surface area contributed by atoms with Crippen LogP contribution in [0.15, 0.2) is 16.2 Å². The molecule has 2 heterocycles. The fourth-order valence-corrected chi connectivity index (χ4v) is 4.28. The van der Waals surface area contributed by atoms with Crippen LogP contribution in [-0.2, 0) is 0 Å². The Morgan fingerprint density at radius 1 is 1.37 bits per heavy atom. The first-order chi connectivity index (χ1) is 9.18. The van der Waals surface area contributed by atoms with E-state index in [9.17, 15) is 4.79 Å². The van der Waals surface area contributed by atoms with Gasteiger partial charge in [0.15, 0.2) is 4.77 Å². The Morgan fingerprint density at radius 3 is 3.00 bits per heavy atom. The Bertz CT molecular complexity index is 697. The van der Waals surface area contributed by atoms with Gasteiger partial charge in [-0.1, -0.05) is 26.2 Å². The Morgan fingerprint density at radius 2 is 2.16 bits per heavy atom. The smallest absolute Gasteiger partial charge is 0.263 e. The van der Waals surface area contributed by atoms with Gasteiger partial charge in [0, 0.05) is 6.04 Å². The minimum absolute atomic E-state index is 0.0822. The molecule has 2 aromatic heterocycles. The quantitative estimate of drug-likeness (QED) is 0.630. The second kappa shape index (κ2) is 5.21. The highest BCUT2D eigenvalue weighted by Crippen LogP contribution is 2.32. The molecule has 3 rings (SSSR count). The van der Waals surface area contributed by atoms with Crippen molar-refractivity contribution in [2.45, 2.75) is 45.1 Å². The monoisotopic (exact) mass is 294 g/mol. The van der Waals surface area contributed by atoms with E-state index in [1.807, 2.05) is 16.0 Å². The molecule has 19 heavy (non-hydrogen) atoms. The predicted molar refractivity (Wildman–Crippen MR) is 82.6 cm³/mol. The zero-order chi connectivity index (χ0) is 13.4. The van der Waals surface area contributed by atoms with Crippen molar-refractivity contribution in [3.8, 4) is 0 Å². The lowest BCUT2D eigenvalue weighted by atomic mass is 9.97. The second-order valence-corrected chi connectivity index (χ2v) is 6.75. The minimum atomic E-state index is 0.0822. The van der Waals surface area contributed by atoms with Gasteiger partial charge in [-0.2, -0.15) is 0 Å². The first kappa shape index (κ1) is 13.1. The zero-order valence-corrected chi connectivity index (χ0v) is 12.6. The summed E-state index contributed by atoms with van der Waals surface area (Å²) in [5.41, 5.74) is 0.0822. The first-order valence-electron chi connectivity index (χ1n) is 6.90. The van der Waals surface area contributed by atoms with Crippen LogP contribution in [-0.4, -0.2) is 9.55 Å². The highest BCUT2D eigenvalue weighted by atomic mass is 32.1. The summed E-state index contributed by atoms with van der Waals surface area (Å²) in [7, 11) is 0. The van der Waals surface area contributed by atoms with Gasteiger partial charge in [0.25, 0.3) is 5.56 Å². The molecule has 1 aliphatic rings. The van der Waals surface area contributed by atoms with Crippen LogP contribution in [0.5, 0.6) is 0 Å². The maximum absolute atomic E-state index is 12.7. The SMILES string of the molecule is CC1CCCCCC1n1c(=S)[nH]c2sccc2c1=O. The van der Waals surface area contributed by atoms with E-state index in [4.69, 9.17) is 12.2 Å². The van der Waals surface area contributed by atoms with Gasteiger partial charge in [-0.25, -0.2) is 0 Å². The molecule has 1 fully saturated rings. The first-order valence-corrected chi connectivity index (χ1v) is 8.19. The number of hydrogen-bond acceptors (Lipinski definition) is 3. The number of nitrogens with one attached hydrogen (secondary N) is 1. The van der Waals surface area contributed by atoms with Gasteiger partial charge in [-0.3, -0.25) is 9.36 Å². The molecule has 0 amide bonds. The fourth-order valence-electron chi connectivity index (χ4n) is 3.11. The van der Waals surface area contributed by atoms with Crippen molar-refractivity contribution in [2.24, 2.45) is 5.92 Å². The zero-order valence-electron chi connectivity index (χ0n) is 11.0. The number of hydrogen-bond donors (Lipinski definition) is 1. The number of aromatic nitrogens is 2. The van der Waals surface area contributed by atoms with E-state index >= 15 is 0 Å². The lowest BCUT2D eigenvalue weighted by Crippen LogP contribution is -2.29.